The number of aromatic nitrogens is 2. The molecule has 5 nitrogen and oxygen atoms in total. The molecule has 0 spiro atoms. The van der Waals surface area contributed by atoms with Crippen LogP contribution in [-0.2, 0) is 0 Å². The Hall–Kier alpha value is -2.01. The summed E-state index contributed by atoms with van der Waals surface area (Å²) in [4.78, 5) is 22.9. The van der Waals surface area contributed by atoms with Crippen molar-refractivity contribution in [3.8, 4) is 0 Å². The third kappa shape index (κ3) is 3.11. The number of carbonyl (C=O) groups excluding carboxylic acids is 1. The molecular formula is C15H20N4O. The Morgan fingerprint density at radius 1 is 1.25 bits per heavy atom. The Bertz CT molecular complexity index is 597. The number of carbonyl (C=O) groups is 1. The summed E-state index contributed by atoms with van der Waals surface area (Å²) in [7, 11) is 0. The van der Waals surface area contributed by atoms with Crippen LogP contribution in [0.4, 0.5) is 0 Å². The minimum atomic E-state index is 0.0148. The van der Waals surface area contributed by atoms with E-state index in [1.165, 1.54) is 0 Å². The minimum absolute atomic E-state index is 0.0148. The summed E-state index contributed by atoms with van der Waals surface area (Å²) in [6.07, 6.45) is 4.08. The lowest BCUT2D eigenvalue weighted by molar-refractivity contribution is 0.0705. The molecule has 106 valence electrons. The van der Waals surface area contributed by atoms with E-state index in [1.54, 1.807) is 24.5 Å². The fourth-order valence-electron chi connectivity index (χ4n) is 2.12. The molecule has 0 aliphatic carbocycles. The molecule has 0 atom stereocenters. The second kappa shape index (κ2) is 6.43. The van der Waals surface area contributed by atoms with Crippen LogP contribution in [0, 0.1) is 0 Å². The predicted molar refractivity (Wildman–Crippen MR) is 79.4 cm³/mol. The Labute approximate surface area is 118 Å². The van der Waals surface area contributed by atoms with Gasteiger partial charge in [0.2, 0.25) is 0 Å². The lowest BCUT2D eigenvalue weighted by atomic mass is 10.1. The van der Waals surface area contributed by atoms with Crippen molar-refractivity contribution in [1.82, 2.24) is 14.9 Å². The van der Waals surface area contributed by atoms with Crippen LogP contribution in [0.25, 0.3) is 11.0 Å². The zero-order valence-electron chi connectivity index (χ0n) is 11.9. The topological polar surface area (TPSA) is 72.1 Å². The Balaban J connectivity index is 2.28. The van der Waals surface area contributed by atoms with Crippen molar-refractivity contribution in [1.29, 1.82) is 0 Å². The highest BCUT2D eigenvalue weighted by Gasteiger charge is 2.18. The zero-order chi connectivity index (χ0) is 14.5. The van der Waals surface area contributed by atoms with Gasteiger partial charge in [-0.05, 0) is 45.0 Å². The maximum Gasteiger partial charge on any atom is 0.254 e. The molecule has 1 amide bonds. The van der Waals surface area contributed by atoms with Gasteiger partial charge in [0.25, 0.3) is 5.91 Å². The first kappa shape index (κ1) is 14.4. The van der Waals surface area contributed by atoms with Crippen molar-refractivity contribution in [2.75, 3.05) is 13.1 Å². The average molecular weight is 272 g/mol. The number of hydrogen-bond donors (Lipinski definition) is 1. The molecule has 2 rings (SSSR count). The zero-order valence-corrected chi connectivity index (χ0v) is 11.9. The van der Waals surface area contributed by atoms with E-state index >= 15 is 0 Å². The molecule has 0 saturated heterocycles. The number of nitrogens with two attached hydrogens (primary N) is 1. The fourth-order valence-corrected chi connectivity index (χ4v) is 2.12. The lowest BCUT2D eigenvalue weighted by Gasteiger charge is -2.26. The van der Waals surface area contributed by atoms with E-state index in [2.05, 4.69) is 9.97 Å². The summed E-state index contributed by atoms with van der Waals surface area (Å²) in [5.41, 5.74) is 7.71. The SMILES string of the molecule is CC(C)N(CCCN)C(=O)c1ccc2nccnc2c1. The number of rotatable bonds is 5. The number of amides is 1. The first-order valence-electron chi connectivity index (χ1n) is 6.85. The van der Waals surface area contributed by atoms with Gasteiger partial charge in [0.1, 0.15) is 0 Å². The molecule has 2 aromatic rings. The second-order valence-electron chi connectivity index (χ2n) is 4.99. The molecule has 0 aliphatic rings. The van der Waals surface area contributed by atoms with Crippen molar-refractivity contribution in [2.45, 2.75) is 26.3 Å². The summed E-state index contributed by atoms with van der Waals surface area (Å²) in [6.45, 7) is 5.27. The monoisotopic (exact) mass is 272 g/mol. The summed E-state index contributed by atoms with van der Waals surface area (Å²) in [5.74, 6) is 0.0148. The maximum atomic E-state index is 12.6. The van der Waals surface area contributed by atoms with E-state index in [0.29, 0.717) is 18.7 Å². The summed E-state index contributed by atoms with van der Waals surface area (Å²) in [5, 5.41) is 0. The van der Waals surface area contributed by atoms with Crippen molar-refractivity contribution in [3.05, 3.63) is 36.2 Å². The molecule has 0 bridgehead atoms. The van der Waals surface area contributed by atoms with Crippen LogP contribution >= 0.6 is 0 Å². The van der Waals surface area contributed by atoms with Gasteiger partial charge >= 0.3 is 0 Å². The third-order valence-corrected chi connectivity index (χ3v) is 3.20. The second-order valence-corrected chi connectivity index (χ2v) is 4.99. The van der Waals surface area contributed by atoms with Crippen LogP contribution in [0.15, 0.2) is 30.6 Å². The molecule has 0 fully saturated rings. The summed E-state index contributed by atoms with van der Waals surface area (Å²) >= 11 is 0. The first-order chi connectivity index (χ1) is 9.63. The molecule has 1 aromatic carbocycles. The van der Waals surface area contributed by atoms with Crippen molar-refractivity contribution in [2.24, 2.45) is 5.73 Å². The van der Waals surface area contributed by atoms with Gasteiger partial charge in [0, 0.05) is 30.5 Å². The van der Waals surface area contributed by atoms with Crippen LogP contribution in [0.3, 0.4) is 0 Å². The van der Waals surface area contributed by atoms with Crippen LogP contribution in [0.1, 0.15) is 30.6 Å². The molecule has 0 unspecified atom stereocenters. The molecule has 1 aromatic heterocycles. The maximum absolute atomic E-state index is 12.6. The highest BCUT2D eigenvalue weighted by molar-refractivity contribution is 5.97. The van der Waals surface area contributed by atoms with E-state index in [0.717, 1.165) is 17.5 Å². The molecule has 20 heavy (non-hydrogen) atoms. The van der Waals surface area contributed by atoms with E-state index in [9.17, 15) is 4.79 Å². The Kier molecular flexibility index (Phi) is 4.63. The number of benzene rings is 1. The summed E-state index contributed by atoms with van der Waals surface area (Å²) < 4.78 is 0. The van der Waals surface area contributed by atoms with Gasteiger partial charge in [-0.15, -0.1) is 0 Å². The van der Waals surface area contributed by atoms with Crippen molar-refractivity contribution in [3.63, 3.8) is 0 Å². The highest BCUT2D eigenvalue weighted by Crippen LogP contribution is 2.14. The van der Waals surface area contributed by atoms with Gasteiger partial charge in [-0.1, -0.05) is 0 Å². The predicted octanol–water partition coefficient (Wildman–Crippen LogP) is 1.83. The van der Waals surface area contributed by atoms with Crippen molar-refractivity contribution < 1.29 is 4.79 Å². The third-order valence-electron chi connectivity index (χ3n) is 3.20. The number of nitrogens with zero attached hydrogens (tertiary/aromatic N) is 3. The molecule has 5 heteroatoms. The Morgan fingerprint density at radius 3 is 2.60 bits per heavy atom. The summed E-state index contributed by atoms with van der Waals surface area (Å²) in [6, 6.07) is 5.57. The van der Waals surface area contributed by atoms with E-state index in [-0.39, 0.29) is 11.9 Å². The van der Waals surface area contributed by atoms with E-state index in [4.69, 9.17) is 5.73 Å². The molecule has 0 radical (unpaired) electrons. The van der Waals surface area contributed by atoms with Gasteiger partial charge in [0.15, 0.2) is 0 Å². The van der Waals surface area contributed by atoms with Crippen LogP contribution in [0.2, 0.25) is 0 Å². The molecule has 0 saturated carbocycles. The lowest BCUT2D eigenvalue weighted by Crippen LogP contribution is -2.38. The smallest absolute Gasteiger partial charge is 0.254 e. The normalized spacial score (nSPS) is 11.0. The van der Waals surface area contributed by atoms with Crippen LogP contribution < -0.4 is 5.73 Å². The molecule has 0 aliphatic heterocycles. The molecular weight excluding hydrogens is 252 g/mol. The minimum Gasteiger partial charge on any atom is -0.336 e. The van der Waals surface area contributed by atoms with Gasteiger partial charge in [-0.3, -0.25) is 14.8 Å². The fraction of sp³-hybridized carbons (Fsp3) is 0.400. The molecule has 2 N–H and O–H groups in total. The quantitative estimate of drug-likeness (QED) is 0.901. The van der Waals surface area contributed by atoms with Gasteiger partial charge < -0.3 is 10.6 Å². The standard InChI is InChI=1S/C15H20N4O/c1-11(2)19(9-3-6-16)15(20)12-4-5-13-14(10-12)18-8-7-17-13/h4-5,7-8,10-11H,3,6,9,16H2,1-2H3. The average Bonchev–Trinajstić information content (AvgIpc) is 2.46. The largest absolute Gasteiger partial charge is 0.336 e. The highest BCUT2D eigenvalue weighted by atomic mass is 16.2. The van der Waals surface area contributed by atoms with Crippen molar-refractivity contribution >= 4 is 16.9 Å². The van der Waals surface area contributed by atoms with E-state index < -0.39 is 0 Å². The molecule has 1 heterocycles. The van der Waals surface area contributed by atoms with Crippen LogP contribution in [-0.4, -0.2) is 39.9 Å². The van der Waals surface area contributed by atoms with Crippen LogP contribution in [0.5, 0.6) is 0 Å². The number of hydrogen-bond acceptors (Lipinski definition) is 4. The first-order valence-corrected chi connectivity index (χ1v) is 6.85. The van der Waals surface area contributed by atoms with Gasteiger partial charge in [0.05, 0.1) is 11.0 Å². The number of fused-ring (bicyclic) bond motifs is 1. The van der Waals surface area contributed by atoms with Gasteiger partial charge in [-0.25, -0.2) is 0 Å². The van der Waals surface area contributed by atoms with Gasteiger partial charge in [-0.2, -0.15) is 0 Å². The Morgan fingerprint density at radius 2 is 1.95 bits per heavy atom. The van der Waals surface area contributed by atoms with E-state index in [1.807, 2.05) is 24.8 Å².